The molecule has 2 heterocycles. The molecule has 108 valence electrons. The molecule has 0 bridgehead atoms. The molecular formula is C14H18N2O3S. The number of piperidine rings is 1. The van der Waals surface area contributed by atoms with Gasteiger partial charge < -0.3 is 10.0 Å². The molecule has 1 aliphatic heterocycles. The number of aliphatic carboxylic acids is 1. The number of carboxylic acid groups (broad SMARTS) is 1. The van der Waals surface area contributed by atoms with Gasteiger partial charge in [-0.3, -0.25) is 9.59 Å². The Morgan fingerprint density at radius 2 is 2.30 bits per heavy atom. The molecule has 5 nitrogen and oxygen atoms in total. The topological polar surface area (TPSA) is 70.5 Å². The lowest BCUT2D eigenvalue weighted by Crippen LogP contribution is -2.45. The molecule has 1 saturated heterocycles. The second-order valence-corrected chi connectivity index (χ2v) is 5.60. The molecule has 1 fully saturated rings. The Kier molecular flexibility index (Phi) is 5.00. The molecule has 1 atom stereocenters. The fraction of sp³-hybridized carbons (Fsp3) is 0.500. The molecule has 0 aliphatic carbocycles. The van der Waals surface area contributed by atoms with Crippen LogP contribution in [0.15, 0.2) is 23.4 Å². The number of nitrogens with zero attached hydrogens (tertiary/aromatic N) is 2. The van der Waals surface area contributed by atoms with Gasteiger partial charge in [0.15, 0.2) is 0 Å². The average molecular weight is 294 g/mol. The Morgan fingerprint density at radius 1 is 1.50 bits per heavy atom. The number of hydrogen-bond donors (Lipinski definition) is 1. The van der Waals surface area contributed by atoms with E-state index in [1.54, 1.807) is 23.2 Å². The van der Waals surface area contributed by atoms with Gasteiger partial charge >= 0.3 is 5.97 Å². The van der Waals surface area contributed by atoms with Crippen molar-refractivity contribution >= 4 is 23.6 Å². The fourth-order valence-corrected chi connectivity index (χ4v) is 3.09. The van der Waals surface area contributed by atoms with E-state index in [1.807, 2.05) is 6.26 Å². The van der Waals surface area contributed by atoms with E-state index >= 15 is 0 Å². The standard InChI is InChI=1S/C14H18N2O3S/c1-20-13-11(6-4-7-15-13)14(19)16-8-3-2-5-10(16)9-12(17)18/h4,6-7,10H,2-3,5,8-9H2,1H3,(H,17,18). The Hall–Kier alpha value is -1.56. The van der Waals surface area contributed by atoms with Crippen LogP contribution in [0.2, 0.25) is 0 Å². The van der Waals surface area contributed by atoms with Crippen LogP contribution in [-0.4, -0.2) is 45.7 Å². The molecule has 0 saturated carbocycles. The first-order chi connectivity index (χ1) is 9.63. The van der Waals surface area contributed by atoms with Gasteiger partial charge in [0.05, 0.1) is 12.0 Å². The monoisotopic (exact) mass is 294 g/mol. The van der Waals surface area contributed by atoms with Crippen molar-refractivity contribution in [2.45, 2.75) is 36.8 Å². The Balaban J connectivity index is 2.23. The van der Waals surface area contributed by atoms with Gasteiger partial charge in [-0.15, -0.1) is 11.8 Å². The third-order valence-electron chi connectivity index (χ3n) is 3.49. The number of carbonyl (C=O) groups excluding carboxylic acids is 1. The predicted molar refractivity (Wildman–Crippen MR) is 76.9 cm³/mol. The maximum Gasteiger partial charge on any atom is 0.305 e. The lowest BCUT2D eigenvalue weighted by Gasteiger charge is -2.35. The number of rotatable bonds is 4. The van der Waals surface area contributed by atoms with Crippen molar-refractivity contribution in [2.75, 3.05) is 12.8 Å². The van der Waals surface area contributed by atoms with Crippen molar-refractivity contribution in [1.29, 1.82) is 0 Å². The highest BCUT2D eigenvalue weighted by Crippen LogP contribution is 2.25. The van der Waals surface area contributed by atoms with E-state index in [0.717, 1.165) is 19.3 Å². The third-order valence-corrected chi connectivity index (χ3v) is 4.21. The van der Waals surface area contributed by atoms with Crippen LogP contribution in [0.5, 0.6) is 0 Å². The zero-order valence-corrected chi connectivity index (χ0v) is 12.2. The lowest BCUT2D eigenvalue weighted by atomic mass is 9.98. The molecule has 1 aliphatic rings. The molecule has 0 aromatic carbocycles. The molecular weight excluding hydrogens is 276 g/mol. The van der Waals surface area contributed by atoms with E-state index in [4.69, 9.17) is 5.11 Å². The second-order valence-electron chi connectivity index (χ2n) is 4.81. The molecule has 2 rings (SSSR count). The summed E-state index contributed by atoms with van der Waals surface area (Å²) in [5.74, 6) is -0.959. The summed E-state index contributed by atoms with van der Waals surface area (Å²) in [6, 6.07) is 3.29. The highest BCUT2D eigenvalue weighted by molar-refractivity contribution is 7.98. The lowest BCUT2D eigenvalue weighted by molar-refractivity contribution is -0.138. The summed E-state index contributed by atoms with van der Waals surface area (Å²) in [6.07, 6.45) is 6.21. The van der Waals surface area contributed by atoms with Crippen LogP contribution in [0.4, 0.5) is 0 Å². The summed E-state index contributed by atoms with van der Waals surface area (Å²) in [7, 11) is 0. The van der Waals surface area contributed by atoms with E-state index in [-0.39, 0.29) is 18.4 Å². The summed E-state index contributed by atoms with van der Waals surface area (Å²) in [6.45, 7) is 0.624. The van der Waals surface area contributed by atoms with E-state index < -0.39 is 5.97 Å². The van der Waals surface area contributed by atoms with Crippen LogP contribution in [0.25, 0.3) is 0 Å². The number of thioether (sulfide) groups is 1. The van der Waals surface area contributed by atoms with E-state index in [1.165, 1.54) is 11.8 Å². The molecule has 1 N–H and O–H groups in total. The van der Waals surface area contributed by atoms with Gasteiger partial charge in [-0.05, 0) is 37.7 Å². The smallest absolute Gasteiger partial charge is 0.305 e. The van der Waals surface area contributed by atoms with Gasteiger partial charge in [0, 0.05) is 18.8 Å². The third kappa shape index (κ3) is 3.30. The number of likely N-dealkylation sites (tertiary alicyclic amines) is 1. The number of pyridine rings is 1. The van der Waals surface area contributed by atoms with Gasteiger partial charge in [0.25, 0.3) is 5.91 Å². The molecule has 6 heteroatoms. The highest BCUT2D eigenvalue weighted by Gasteiger charge is 2.30. The molecule has 0 spiro atoms. The summed E-state index contributed by atoms with van der Waals surface area (Å²) in [5.41, 5.74) is 0.567. The largest absolute Gasteiger partial charge is 0.481 e. The quantitative estimate of drug-likeness (QED) is 0.863. The van der Waals surface area contributed by atoms with Gasteiger partial charge in [-0.25, -0.2) is 4.98 Å². The minimum atomic E-state index is -0.856. The minimum absolute atomic E-state index is 0.0145. The Bertz CT molecular complexity index is 507. The van der Waals surface area contributed by atoms with Crippen molar-refractivity contribution in [2.24, 2.45) is 0 Å². The molecule has 0 radical (unpaired) electrons. The fourth-order valence-electron chi connectivity index (χ4n) is 2.55. The van der Waals surface area contributed by atoms with E-state index in [0.29, 0.717) is 17.1 Å². The van der Waals surface area contributed by atoms with Crippen LogP contribution >= 0.6 is 11.8 Å². The van der Waals surface area contributed by atoms with Crippen LogP contribution in [0.3, 0.4) is 0 Å². The molecule has 1 aromatic rings. The highest BCUT2D eigenvalue weighted by atomic mass is 32.2. The molecule has 1 aromatic heterocycles. The normalized spacial score (nSPS) is 18.9. The van der Waals surface area contributed by atoms with Crippen molar-refractivity contribution < 1.29 is 14.7 Å². The van der Waals surface area contributed by atoms with E-state index in [9.17, 15) is 9.59 Å². The zero-order chi connectivity index (χ0) is 14.5. The van der Waals surface area contributed by atoms with Gasteiger partial charge in [-0.1, -0.05) is 0 Å². The van der Waals surface area contributed by atoms with Crippen molar-refractivity contribution in [1.82, 2.24) is 9.88 Å². The van der Waals surface area contributed by atoms with Gasteiger partial charge in [0.2, 0.25) is 0 Å². The number of hydrogen-bond acceptors (Lipinski definition) is 4. The van der Waals surface area contributed by atoms with Gasteiger partial charge in [-0.2, -0.15) is 0 Å². The van der Waals surface area contributed by atoms with Crippen molar-refractivity contribution in [3.8, 4) is 0 Å². The van der Waals surface area contributed by atoms with E-state index in [2.05, 4.69) is 4.98 Å². The summed E-state index contributed by atoms with van der Waals surface area (Å²) in [4.78, 5) is 29.5. The zero-order valence-electron chi connectivity index (χ0n) is 11.4. The molecule has 20 heavy (non-hydrogen) atoms. The first-order valence-electron chi connectivity index (χ1n) is 6.65. The number of carbonyl (C=O) groups is 2. The van der Waals surface area contributed by atoms with Crippen LogP contribution in [0, 0.1) is 0 Å². The summed E-state index contributed by atoms with van der Waals surface area (Å²) in [5, 5.41) is 9.67. The predicted octanol–water partition coefficient (Wildman–Crippen LogP) is 2.27. The first-order valence-corrected chi connectivity index (χ1v) is 7.87. The van der Waals surface area contributed by atoms with Crippen LogP contribution in [0.1, 0.15) is 36.0 Å². The van der Waals surface area contributed by atoms with Crippen LogP contribution < -0.4 is 0 Å². The average Bonchev–Trinajstić information content (AvgIpc) is 2.46. The van der Waals surface area contributed by atoms with Crippen LogP contribution in [-0.2, 0) is 4.79 Å². The number of amides is 1. The Labute approximate surface area is 122 Å². The number of carboxylic acids is 1. The summed E-state index contributed by atoms with van der Waals surface area (Å²) < 4.78 is 0. The van der Waals surface area contributed by atoms with Crippen molar-refractivity contribution in [3.05, 3.63) is 23.9 Å². The maximum absolute atomic E-state index is 12.7. The summed E-state index contributed by atoms with van der Waals surface area (Å²) >= 11 is 1.43. The maximum atomic E-state index is 12.7. The number of aromatic nitrogens is 1. The first kappa shape index (κ1) is 14.8. The SMILES string of the molecule is CSc1ncccc1C(=O)N1CCCCC1CC(=O)O. The molecule has 1 unspecified atom stereocenters. The van der Waals surface area contributed by atoms with Gasteiger partial charge in [0.1, 0.15) is 5.03 Å². The minimum Gasteiger partial charge on any atom is -0.481 e. The molecule has 1 amide bonds. The van der Waals surface area contributed by atoms with Crippen molar-refractivity contribution in [3.63, 3.8) is 0 Å². The second kappa shape index (κ2) is 6.74. The Morgan fingerprint density at radius 3 is 3.00 bits per heavy atom.